The molecule has 0 atom stereocenters. The van der Waals surface area contributed by atoms with E-state index in [1.54, 1.807) is 37.7 Å². The molecular formula is C15H15ClN2O2. The van der Waals surface area contributed by atoms with E-state index < -0.39 is 0 Å². The monoisotopic (exact) mass is 290 g/mol. The third-order valence-corrected chi connectivity index (χ3v) is 3.04. The predicted octanol–water partition coefficient (Wildman–Crippen LogP) is 2.60. The number of carbonyl (C=O) groups excluding carboxylic acids is 1. The molecule has 0 fully saturated rings. The van der Waals surface area contributed by atoms with E-state index in [4.69, 9.17) is 16.3 Å². The minimum Gasteiger partial charge on any atom is -0.496 e. The lowest BCUT2D eigenvalue weighted by Gasteiger charge is -2.09. The fourth-order valence-electron chi connectivity index (χ4n) is 1.82. The van der Waals surface area contributed by atoms with E-state index >= 15 is 0 Å². The molecule has 0 saturated carbocycles. The first-order valence-corrected chi connectivity index (χ1v) is 6.55. The molecule has 0 bridgehead atoms. The zero-order valence-corrected chi connectivity index (χ0v) is 11.9. The van der Waals surface area contributed by atoms with Crippen LogP contribution in [0.5, 0.6) is 5.75 Å². The van der Waals surface area contributed by atoms with Crippen LogP contribution in [0.3, 0.4) is 0 Å². The number of benzene rings is 1. The topological polar surface area (TPSA) is 51.2 Å². The Morgan fingerprint density at radius 3 is 2.95 bits per heavy atom. The molecule has 0 aliphatic rings. The number of methoxy groups -OCH3 is 1. The van der Waals surface area contributed by atoms with E-state index in [2.05, 4.69) is 10.3 Å². The lowest BCUT2D eigenvalue weighted by molar-refractivity contribution is -0.120. The Bertz CT molecular complexity index is 588. The molecule has 0 unspecified atom stereocenters. The highest BCUT2D eigenvalue weighted by Crippen LogP contribution is 2.22. The molecule has 0 radical (unpaired) electrons. The normalized spacial score (nSPS) is 10.1. The fraction of sp³-hybridized carbons (Fsp3) is 0.200. The Balaban J connectivity index is 1.96. The maximum atomic E-state index is 11.9. The first-order valence-electron chi connectivity index (χ1n) is 6.17. The molecule has 5 heteroatoms. The van der Waals surface area contributed by atoms with Crippen LogP contribution in [0.15, 0.2) is 42.7 Å². The number of aromatic nitrogens is 1. The van der Waals surface area contributed by atoms with Gasteiger partial charge in [0.2, 0.25) is 5.91 Å². The molecule has 0 saturated heterocycles. The Kier molecular flexibility index (Phi) is 4.96. The summed E-state index contributed by atoms with van der Waals surface area (Å²) in [5.41, 5.74) is 1.72. The van der Waals surface area contributed by atoms with Gasteiger partial charge in [-0.05, 0) is 29.8 Å². The number of halogens is 1. The molecule has 1 N–H and O–H groups in total. The van der Waals surface area contributed by atoms with Crippen molar-refractivity contribution in [1.82, 2.24) is 10.3 Å². The third kappa shape index (κ3) is 3.96. The van der Waals surface area contributed by atoms with Crippen LogP contribution in [0, 0.1) is 0 Å². The number of ether oxygens (including phenoxy) is 1. The Labute approximate surface area is 122 Å². The van der Waals surface area contributed by atoms with Crippen LogP contribution in [0.25, 0.3) is 0 Å². The smallest absolute Gasteiger partial charge is 0.224 e. The van der Waals surface area contributed by atoms with Crippen molar-refractivity contribution in [2.75, 3.05) is 7.11 Å². The number of pyridine rings is 1. The van der Waals surface area contributed by atoms with Crippen LogP contribution in [0.1, 0.15) is 11.1 Å². The summed E-state index contributed by atoms with van der Waals surface area (Å²) in [6, 6.07) is 8.97. The van der Waals surface area contributed by atoms with Crippen LogP contribution in [-0.4, -0.2) is 18.0 Å². The van der Waals surface area contributed by atoms with Gasteiger partial charge in [-0.25, -0.2) is 0 Å². The largest absolute Gasteiger partial charge is 0.496 e. The van der Waals surface area contributed by atoms with E-state index in [-0.39, 0.29) is 12.3 Å². The van der Waals surface area contributed by atoms with Gasteiger partial charge in [0.05, 0.1) is 13.5 Å². The van der Waals surface area contributed by atoms with Gasteiger partial charge in [0, 0.05) is 29.5 Å². The summed E-state index contributed by atoms with van der Waals surface area (Å²) >= 11 is 5.93. The average Bonchev–Trinajstić information content (AvgIpc) is 2.46. The molecule has 0 spiro atoms. The number of nitrogens with zero attached hydrogens (tertiary/aromatic N) is 1. The van der Waals surface area contributed by atoms with Crippen molar-refractivity contribution < 1.29 is 9.53 Å². The van der Waals surface area contributed by atoms with Crippen LogP contribution in [0.2, 0.25) is 5.02 Å². The molecule has 2 rings (SSSR count). The number of amides is 1. The minimum absolute atomic E-state index is 0.0885. The van der Waals surface area contributed by atoms with Gasteiger partial charge in [-0.15, -0.1) is 0 Å². The van der Waals surface area contributed by atoms with Crippen LogP contribution < -0.4 is 10.1 Å². The summed E-state index contributed by atoms with van der Waals surface area (Å²) in [4.78, 5) is 15.9. The minimum atomic E-state index is -0.0885. The standard InChI is InChI=1S/C15H15ClN2O2/c1-20-14-5-4-13(16)7-12(14)8-15(19)18-10-11-3-2-6-17-9-11/h2-7,9H,8,10H2,1H3,(H,18,19). The number of rotatable bonds is 5. The van der Waals surface area contributed by atoms with Gasteiger partial charge in [0.15, 0.2) is 0 Å². The van der Waals surface area contributed by atoms with Gasteiger partial charge in [0.25, 0.3) is 0 Å². The van der Waals surface area contributed by atoms with Crippen molar-refractivity contribution in [2.45, 2.75) is 13.0 Å². The first kappa shape index (κ1) is 14.3. The van der Waals surface area contributed by atoms with Gasteiger partial charge in [-0.2, -0.15) is 0 Å². The molecular weight excluding hydrogens is 276 g/mol. The van der Waals surface area contributed by atoms with Crippen LogP contribution in [-0.2, 0) is 17.8 Å². The molecule has 0 aliphatic carbocycles. The second-order valence-electron chi connectivity index (χ2n) is 4.27. The Hall–Kier alpha value is -2.07. The first-order chi connectivity index (χ1) is 9.69. The summed E-state index contributed by atoms with van der Waals surface area (Å²) in [7, 11) is 1.57. The molecule has 0 aliphatic heterocycles. The quantitative estimate of drug-likeness (QED) is 0.921. The van der Waals surface area contributed by atoms with E-state index in [9.17, 15) is 4.79 Å². The lowest BCUT2D eigenvalue weighted by atomic mass is 10.1. The molecule has 1 heterocycles. The second kappa shape index (κ2) is 6.91. The summed E-state index contributed by atoms with van der Waals surface area (Å²) < 4.78 is 5.22. The summed E-state index contributed by atoms with van der Waals surface area (Å²) in [5.74, 6) is 0.570. The second-order valence-corrected chi connectivity index (χ2v) is 4.71. The van der Waals surface area contributed by atoms with Gasteiger partial charge >= 0.3 is 0 Å². The number of hydrogen-bond acceptors (Lipinski definition) is 3. The van der Waals surface area contributed by atoms with Crippen molar-refractivity contribution in [3.05, 3.63) is 58.9 Å². The molecule has 4 nitrogen and oxygen atoms in total. The third-order valence-electron chi connectivity index (χ3n) is 2.81. The average molecular weight is 291 g/mol. The SMILES string of the molecule is COc1ccc(Cl)cc1CC(=O)NCc1cccnc1. The van der Waals surface area contributed by atoms with Gasteiger partial charge < -0.3 is 10.1 Å². The molecule has 1 amide bonds. The van der Waals surface area contributed by atoms with Crippen molar-refractivity contribution in [3.8, 4) is 5.75 Å². The molecule has 1 aromatic carbocycles. The Morgan fingerprint density at radius 2 is 2.25 bits per heavy atom. The van der Waals surface area contributed by atoms with Gasteiger partial charge in [0.1, 0.15) is 5.75 Å². The molecule has 1 aromatic heterocycles. The molecule has 104 valence electrons. The Morgan fingerprint density at radius 1 is 1.40 bits per heavy atom. The van der Waals surface area contributed by atoms with Gasteiger partial charge in [-0.3, -0.25) is 9.78 Å². The predicted molar refractivity (Wildman–Crippen MR) is 77.8 cm³/mol. The van der Waals surface area contributed by atoms with Crippen molar-refractivity contribution in [1.29, 1.82) is 0 Å². The van der Waals surface area contributed by atoms with E-state index in [0.29, 0.717) is 17.3 Å². The van der Waals surface area contributed by atoms with Crippen molar-refractivity contribution in [2.24, 2.45) is 0 Å². The zero-order chi connectivity index (χ0) is 14.4. The molecule has 20 heavy (non-hydrogen) atoms. The van der Waals surface area contributed by atoms with E-state index in [0.717, 1.165) is 11.1 Å². The molecule has 2 aromatic rings. The van der Waals surface area contributed by atoms with E-state index in [1.807, 2.05) is 12.1 Å². The maximum Gasteiger partial charge on any atom is 0.224 e. The van der Waals surface area contributed by atoms with Gasteiger partial charge in [-0.1, -0.05) is 17.7 Å². The lowest BCUT2D eigenvalue weighted by Crippen LogP contribution is -2.24. The highest BCUT2D eigenvalue weighted by atomic mass is 35.5. The fourth-order valence-corrected chi connectivity index (χ4v) is 2.02. The van der Waals surface area contributed by atoms with E-state index in [1.165, 1.54) is 0 Å². The van der Waals surface area contributed by atoms with Crippen LogP contribution >= 0.6 is 11.6 Å². The number of nitrogens with one attached hydrogen (secondary N) is 1. The zero-order valence-electron chi connectivity index (χ0n) is 11.1. The maximum absolute atomic E-state index is 11.9. The summed E-state index contributed by atoms with van der Waals surface area (Å²) in [6.45, 7) is 0.454. The summed E-state index contributed by atoms with van der Waals surface area (Å²) in [6.07, 6.45) is 3.65. The van der Waals surface area contributed by atoms with Crippen molar-refractivity contribution >= 4 is 17.5 Å². The number of carbonyl (C=O) groups is 1. The highest BCUT2D eigenvalue weighted by molar-refractivity contribution is 6.30. The van der Waals surface area contributed by atoms with Crippen LogP contribution in [0.4, 0.5) is 0 Å². The number of hydrogen-bond donors (Lipinski definition) is 1. The summed E-state index contributed by atoms with van der Waals surface area (Å²) in [5, 5.41) is 3.42. The van der Waals surface area contributed by atoms with Crippen molar-refractivity contribution in [3.63, 3.8) is 0 Å². The highest BCUT2D eigenvalue weighted by Gasteiger charge is 2.09.